The molecule has 33 heavy (non-hydrogen) atoms. The Morgan fingerprint density at radius 3 is 2.70 bits per heavy atom. The van der Waals surface area contributed by atoms with Crippen molar-refractivity contribution in [2.24, 2.45) is 0 Å². The number of nitrogens with one attached hydrogen (secondary N) is 2. The first-order valence-electron chi connectivity index (χ1n) is 10.2. The van der Waals surface area contributed by atoms with Gasteiger partial charge in [0, 0.05) is 12.5 Å². The summed E-state index contributed by atoms with van der Waals surface area (Å²) < 4.78 is 49.1. The van der Waals surface area contributed by atoms with Gasteiger partial charge in [0.2, 0.25) is 0 Å². The highest BCUT2D eigenvalue weighted by molar-refractivity contribution is 6.07. The molecule has 1 amide bonds. The van der Waals surface area contributed by atoms with Crippen molar-refractivity contribution in [3.8, 4) is 5.69 Å². The van der Waals surface area contributed by atoms with Crippen LogP contribution in [0.25, 0.3) is 5.69 Å². The highest BCUT2D eigenvalue weighted by atomic mass is 19.4. The summed E-state index contributed by atoms with van der Waals surface area (Å²) in [5, 5.41) is 14.0. The summed E-state index contributed by atoms with van der Waals surface area (Å²) in [6.07, 6.45) is -2.33. The molecule has 0 unspecified atom stereocenters. The van der Waals surface area contributed by atoms with Gasteiger partial charge in [-0.25, -0.2) is 9.36 Å². The molecular formula is C22H19F3N6O2. The third kappa shape index (κ3) is 3.86. The fraction of sp³-hybridized carbons (Fsp3) is 0.227. The second-order valence-corrected chi connectivity index (χ2v) is 7.73. The predicted molar refractivity (Wildman–Crippen MR) is 113 cm³/mol. The monoisotopic (exact) mass is 456 g/mol. The lowest BCUT2D eigenvalue weighted by atomic mass is 10.0. The number of carbonyl (C=O) groups is 1. The van der Waals surface area contributed by atoms with Crippen molar-refractivity contribution >= 4 is 17.5 Å². The van der Waals surface area contributed by atoms with E-state index >= 15 is 0 Å². The van der Waals surface area contributed by atoms with Crippen LogP contribution in [0.2, 0.25) is 0 Å². The Morgan fingerprint density at radius 2 is 2.00 bits per heavy atom. The first-order chi connectivity index (χ1) is 15.8. The molecule has 0 saturated heterocycles. The summed E-state index contributed by atoms with van der Waals surface area (Å²) in [6.45, 7) is 1.78. The van der Waals surface area contributed by atoms with Crippen LogP contribution in [-0.2, 0) is 0 Å². The number of alkyl halides is 3. The lowest BCUT2D eigenvalue weighted by Gasteiger charge is -2.32. The van der Waals surface area contributed by atoms with E-state index in [4.69, 9.17) is 4.42 Å². The van der Waals surface area contributed by atoms with Crippen molar-refractivity contribution < 1.29 is 22.4 Å². The quantitative estimate of drug-likeness (QED) is 0.457. The predicted octanol–water partition coefficient (Wildman–Crippen LogP) is 4.88. The van der Waals surface area contributed by atoms with Crippen LogP contribution in [0.3, 0.4) is 0 Å². The van der Waals surface area contributed by atoms with Crippen LogP contribution in [-0.4, -0.2) is 31.6 Å². The zero-order valence-corrected chi connectivity index (χ0v) is 17.4. The summed E-state index contributed by atoms with van der Waals surface area (Å²) in [4.78, 5) is 13.1. The molecule has 1 aromatic carbocycles. The number of benzene rings is 1. The van der Waals surface area contributed by atoms with Crippen LogP contribution < -0.4 is 10.6 Å². The Hall–Kier alpha value is -4.02. The third-order valence-corrected chi connectivity index (χ3v) is 5.44. The molecule has 4 aromatic rings. The summed E-state index contributed by atoms with van der Waals surface area (Å²) in [6, 6.07) is 11.4. The van der Waals surface area contributed by atoms with E-state index < -0.39 is 24.2 Å². The number of aromatic nitrogens is 4. The van der Waals surface area contributed by atoms with Crippen molar-refractivity contribution in [1.82, 2.24) is 19.6 Å². The molecule has 5 rings (SSSR count). The molecule has 0 bridgehead atoms. The summed E-state index contributed by atoms with van der Waals surface area (Å²) in [7, 11) is 0. The molecule has 0 saturated carbocycles. The number of para-hydroxylation sites is 1. The fourth-order valence-corrected chi connectivity index (χ4v) is 3.94. The van der Waals surface area contributed by atoms with E-state index in [-0.39, 0.29) is 17.8 Å². The number of nitrogens with zero attached hydrogens (tertiary/aromatic N) is 4. The molecule has 1 aliphatic rings. The highest BCUT2D eigenvalue weighted by Crippen LogP contribution is 2.44. The fourth-order valence-electron chi connectivity index (χ4n) is 3.94. The van der Waals surface area contributed by atoms with E-state index in [2.05, 4.69) is 20.8 Å². The molecule has 2 atom stereocenters. The van der Waals surface area contributed by atoms with E-state index in [0.29, 0.717) is 17.3 Å². The van der Waals surface area contributed by atoms with Gasteiger partial charge in [0.05, 0.1) is 29.9 Å². The van der Waals surface area contributed by atoms with Crippen molar-refractivity contribution in [2.45, 2.75) is 31.6 Å². The van der Waals surface area contributed by atoms with E-state index in [9.17, 15) is 18.0 Å². The maximum atomic E-state index is 13.8. The molecule has 170 valence electrons. The lowest BCUT2D eigenvalue weighted by molar-refractivity contribution is -0.174. The van der Waals surface area contributed by atoms with Crippen LogP contribution in [0.1, 0.15) is 40.3 Å². The Balaban J connectivity index is 1.49. The lowest BCUT2D eigenvalue weighted by Crippen LogP contribution is -2.36. The Bertz CT molecular complexity index is 1280. The van der Waals surface area contributed by atoms with Gasteiger partial charge < -0.3 is 15.1 Å². The maximum absolute atomic E-state index is 13.8. The number of hydrogen-bond acceptors (Lipinski definition) is 5. The van der Waals surface area contributed by atoms with E-state index in [1.807, 2.05) is 30.3 Å². The molecule has 0 spiro atoms. The van der Waals surface area contributed by atoms with Gasteiger partial charge in [-0.1, -0.05) is 18.2 Å². The van der Waals surface area contributed by atoms with Crippen LogP contribution in [0.15, 0.2) is 65.4 Å². The maximum Gasteiger partial charge on any atom is 0.410 e. The number of anilines is 2. The van der Waals surface area contributed by atoms with Crippen molar-refractivity contribution in [3.05, 3.63) is 78.0 Å². The standard InChI is InChI=1S/C22H19F3N6O2/c1-13-10-19(30(29-13)14-6-3-2-4-7-14)28-21(32)15-12-26-31-18(22(23,24)25)11-16(27-20(15)31)17-8-5-9-33-17/h2-10,12,16,18,27H,11H2,1H3,(H,28,32)/t16-,18-/m1/s1. The molecule has 0 radical (unpaired) electrons. The average molecular weight is 456 g/mol. The van der Waals surface area contributed by atoms with Gasteiger partial charge >= 0.3 is 6.18 Å². The van der Waals surface area contributed by atoms with Gasteiger partial charge in [-0.05, 0) is 31.2 Å². The number of furan rings is 1. The second kappa shape index (κ2) is 7.84. The number of fused-ring (bicyclic) bond motifs is 1. The smallest absolute Gasteiger partial charge is 0.410 e. The minimum absolute atomic E-state index is 0.0148. The van der Waals surface area contributed by atoms with Crippen LogP contribution in [0.5, 0.6) is 0 Å². The molecule has 1 aliphatic heterocycles. The number of rotatable bonds is 4. The zero-order valence-electron chi connectivity index (χ0n) is 17.4. The number of halogens is 3. The van der Waals surface area contributed by atoms with Gasteiger partial charge in [0.15, 0.2) is 6.04 Å². The molecular weight excluding hydrogens is 437 g/mol. The minimum Gasteiger partial charge on any atom is -0.467 e. The summed E-state index contributed by atoms with van der Waals surface area (Å²) in [5.41, 5.74) is 1.38. The average Bonchev–Trinajstić information content (AvgIpc) is 3.52. The number of hydrogen-bond donors (Lipinski definition) is 2. The van der Waals surface area contributed by atoms with Crippen LogP contribution in [0.4, 0.5) is 24.8 Å². The first-order valence-corrected chi connectivity index (χ1v) is 10.2. The van der Waals surface area contributed by atoms with E-state index in [0.717, 1.165) is 16.6 Å². The van der Waals surface area contributed by atoms with Gasteiger partial charge in [-0.15, -0.1) is 0 Å². The third-order valence-electron chi connectivity index (χ3n) is 5.44. The SMILES string of the molecule is Cc1cc(NC(=O)c2cnn3c2N[C@@H](c2ccco2)C[C@@H]3C(F)(F)F)n(-c2ccccc2)n1. The van der Waals surface area contributed by atoms with Gasteiger partial charge in [-0.2, -0.15) is 23.4 Å². The zero-order chi connectivity index (χ0) is 23.2. The Morgan fingerprint density at radius 1 is 1.21 bits per heavy atom. The van der Waals surface area contributed by atoms with E-state index in [1.165, 1.54) is 6.26 Å². The number of carbonyl (C=O) groups excluding carboxylic acids is 1. The van der Waals surface area contributed by atoms with Crippen LogP contribution in [0, 0.1) is 6.92 Å². The topological polar surface area (TPSA) is 89.9 Å². The number of aryl methyl sites for hydroxylation is 1. The van der Waals surface area contributed by atoms with Crippen molar-refractivity contribution in [2.75, 3.05) is 10.6 Å². The normalized spacial score (nSPS) is 17.9. The van der Waals surface area contributed by atoms with Crippen molar-refractivity contribution in [1.29, 1.82) is 0 Å². The number of amides is 1. The summed E-state index contributed by atoms with van der Waals surface area (Å²) >= 11 is 0. The van der Waals surface area contributed by atoms with Crippen molar-refractivity contribution in [3.63, 3.8) is 0 Å². The second-order valence-electron chi connectivity index (χ2n) is 7.73. The molecule has 0 fully saturated rings. The molecule has 3 aromatic heterocycles. The summed E-state index contributed by atoms with van der Waals surface area (Å²) in [5.74, 6) is 0.0991. The Labute approximate surface area is 186 Å². The molecule has 0 aliphatic carbocycles. The van der Waals surface area contributed by atoms with Gasteiger partial charge in [-0.3, -0.25) is 4.79 Å². The molecule has 11 heteroatoms. The van der Waals surface area contributed by atoms with E-state index in [1.54, 1.807) is 29.8 Å². The molecule has 4 heterocycles. The largest absolute Gasteiger partial charge is 0.467 e. The van der Waals surface area contributed by atoms with Gasteiger partial charge in [0.25, 0.3) is 5.91 Å². The minimum atomic E-state index is -4.55. The van der Waals surface area contributed by atoms with Crippen LogP contribution >= 0.6 is 0 Å². The first kappa shape index (κ1) is 20.9. The highest BCUT2D eigenvalue weighted by Gasteiger charge is 2.47. The Kier molecular flexibility index (Phi) is 4.95. The molecule has 2 N–H and O–H groups in total. The molecule has 8 nitrogen and oxygen atoms in total. The van der Waals surface area contributed by atoms with Gasteiger partial charge in [0.1, 0.15) is 23.0 Å².